The summed E-state index contributed by atoms with van der Waals surface area (Å²) >= 11 is 0.00694. The summed E-state index contributed by atoms with van der Waals surface area (Å²) in [5.41, 5.74) is 0. The van der Waals surface area contributed by atoms with Gasteiger partial charge in [-0.3, -0.25) is 9.45 Å². The van der Waals surface area contributed by atoms with Gasteiger partial charge in [-0.15, -0.1) is 0 Å². The van der Waals surface area contributed by atoms with E-state index in [4.69, 9.17) is 24.7 Å². The molecule has 0 aromatic heterocycles. The number of rotatable bonds is 3. The quantitative estimate of drug-likeness (QED) is 0.274. The fraction of sp³-hybridized carbons (Fsp3) is 1.00. The Hall–Kier alpha value is 0.809. The summed E-state index contributed by atoms with van der Waals surface area (Å²) in [6.45, 7) is 9.08. The van der Waals surface area contributed by atoms with Gasteiger partial charge in [0.2, 0.25) is 0 Å². The van der Waals surface area contributed by atoms with Gasteiger partial charge in [0.15, 0.2) is 0 Å². The summed E-state index contributed by atoms with van der Waals surface area (Å²) < 4.78 is 30.6. The molecule has 0 aromatic rings. The van der Waals surface area contributed by atoms with Crippen molar-refractivity contribution < 1.29 is 26.1 Å². The number of halogens is 2. The van der Waals surface area contributed by atoms with E-state index in [1.54, 1.807) is 0 Å². The van der Waals surface area contributed by atoms with Gasteiger partial charge in [-0.05, 0) is 0 Å². The molecule has 0 amide bonds. The van der Waals surface area contributed by atoms with E-state index in [0.717, 1.165) is 65.4 Å². The van der Waals surface area contributed by atoms with E-state index in [1.807, 2.05) is 4.90 Å². The van der Waals surface area contributed by atoms with E-state index in [9.17, 15) is 8.42 Å². The Labute approximate surface area is 160 Å². The molecular weight excluding hydrogens is 420 g/mol. The first-order chi connectivity index (χ1) is 11.5. The van der Waals surface area contributed by atoms with Gasteiger partial charge in [0, 0.05) is 72.0 Å². The van der Waals surface area contributed by atoms with Crippen LogP contribution in [0.15, 0.2) is 0 Å². The molecule has 1 fully saturated rings. The third-order valence-electron chi connectivity index (χ3n) is 3.31. The third-order valence-corrected chi connectivity index (χ3v) is 4.01. The van der Waals surface area contributed by atoms with Crippen molar-refractivity contribution in [1.29, 1.82) is 0 Å². The van der Waals surface area contributed by atoms with Crippen LogP contribution in [0.2, 0.25) is 0 Å². The fourth-order valence-corrected chi connectivity index (χ4v) is 2.57. The van der Waals surface area contributed by atoms with Crippen LogP contribution in [-0.2, 0) is 23.3 Å². The zero-order valence-electron chi connectivity index (χ0n) is 13.7. The summed E-state index contributed by atoms with van der Waals surface area (Å²) in [7, 11) is 5.70. The molecule has 5 N–H and O–H groups in total. The van der Waals surface area contributed by atoms with Crippen LogP contribution in [-0.4, -0.2) is 95.6 Å². The van der Waals surface area contributed by atoms with E-state index in [0.29, 0.717) is 6.54 Å². The van der Waals surface area contributed by atoms with E-state index in [2.05, 4.69) is 21.3 Å². The Morgan fingerprint density at radius 2 is 1.17 bits per heavy atom. The summed E-state index contributed by atoms with van der Waals surface area (Å²) in [6, 6.07) is 0. The molecule has 1 saturated heterocycles. The second-order valence-electron chi connectivity index (χ2n) is 5.18. The molecule has 1 heterocycles. The topological polar surface area (TPSA) is 106 Å². The van der Waals surface area contributed by atoms with Crippen LogP contribution in [0.3, 0.4) is 0 Å². The Morgan fingerprint density at radius 1 is 0.833 bits per heavy atom. The van der Waals surface area contributed by atoms with Crippen molar-refractivity contribution in [2.75, 3.05) is 77.7 Å². The molecule has 1 aliphatic heterocycles. The van der Waals surface area contributed by atoms with Crippen LogP contribution in [0.25, 0.3) is 0 Å². The molecule has 0 atom stereocenters. The molecular formula is C12H29Cl2MnN5O3S. The number of hydrogen-bond donors (Lipinski definition) is 5. The van der Waals surface area contributed by atoms with Crippen molar-refractivity contribution in [3.8, 4) is 0 Å². The SMILES string of the molecule is O=S(=O)(O)CCN1CCNCCNCCNCCNCC1.[Cl][Mn][Cl]. The molecule has 0 radical (unpaired) electrons. The first-order valence-corrected chi connectivity index (χ1v) is 12.7. The Kier molecular flexibility index (Phi) is 17.8. The molecule has 24 heavy (non-hydrogen) atoms. The summed E-state index contributed by atoms with van der Waals surface area (Å²) in [4.78, 5) is 2.05. The average Bonchev–Trinajstić information content (AvgIpc) is 2.52. The zero-order chi connectivity index (χ0) is 18.1. The monoisotopic (exact) mass is 448 g/mol. The molecule has 0 aliphatic carbocycles. The van der Waals surface area contributed by atoms with Crippen LogP contribution < -0.4 is 21.3 Å². The standard InChI is InChI=1S/C12H29N5O3S.2ClH.Mn/c18-21(19,20)12-11-17-9-7-15-5-3-13-1-2-14-4-6-16-8-10-17;;;/h13-16H,1-12H2,(H,18,19,20);2*1H;/q;;;+2/p-2. The van der Waals surface area contributed by atoms with Crippen molar-refractivity contribution in [3.05, 3.63) is 0 Å². The fourth-order valence-electron chi connectivity index (χ4n) is 2.08. The molecule has 8 nitrogen and oxygen atoms in total. The van der Waals surface area contributed by atoms with Crippen LogP contribution in [0.1, 0.15) is 0 Å². The minimum absolute atomic E-state index is 0.00694. The molecule has 0 spiro atoms. The molecule has 0 bridgehead atoms. The van der Waals surface area contributed by atoms with Crippen molar-refractivity contribution in [3.63, 3.8) is 0 Å². The van der Waals surface area contributed by atoms with Gasteiger partial charge >= 0.3 is 33.3 Å². The normalized spacial score (nSPS) is 20.3. The molecule has 1 aliphatic rings. The molecule has 12 heteroatoms. The van der Waals surface area contributed by atoms with Gasteiger partial charge in [-0.1, -0.05) is 0 Å². The molecule has 0 aromatic carbocycles. The predicted molar refractivity (Wildman–Crippen MR) is 96.0 cm³/mol. The zero-order valence-corrected chi connectivity index (χ0v) is 17.2. The summed E-state index contributed by atoms with van der Waals surface area (Å²) in [6.07, 6.45) is 0. The van der Waals surface area contributed by atoms with Crippen molar-refractivity contribution in [1.82, 2.24) is 26.2 Å². The molecule has 0 saturated carbocycles. The maximum atomic E-state index is 10.9. The van der Waals surface area contributed by atoms with Crippen LogP contribution in [0, 0.1) is 0 Å². The van der Waals surface area contributed by atoms with Gasteiger partial charge in [0.05, 0.1) is 5.75 Å². The van der Waals surface area contributed by atoms with Gasteiger partial charge in [0.1, 0.15) is 0 Å². The van der Waals surface area contributed by atoms with Crippen LogP contribution in [0.4, 0.5) is 0 Å². The minimum atomic E-state index is -3.89. The van der Waals surface area contributed by atoms with Crippen molar-refractivity contribution in [2.24, 2.45) is 0 Å². The first kappa shape index (κ1) is 24.8. The van der Waals surface area contributed by atoms with Crippen molar-refractivity contribution >= 4 is 30.3 Å². The molecule has 0 unspecified atom stereocenters. The van der Waals surface area contributed by atoms with Gasteiger partial charge < -0.3 is 21.3 Å². The van der Waals surface area contributed by atoms with E-state index < -0.39 is 10.1 Å². The predicted octanol–water partition coefficient (Wildman–Crippen LogP) is -1.08. The summed E-state index contributed by atoms with van der Waals surface area (Å²) in [5.74, 6) is -0.212. The van der Waals surface area contributed by atoms with Crippen molar-refractivity contribution in [2.45, 2.75) is 0 Å². The number of nitrogens with one attached hydrogen (secondary N) is 4. The molecule has 1 rings (SSSR count). The van der Waals surface area contributed by atoms with E-state index in [1.165, 1.54) is 0 Å². The maximum absolute atomic E-state index is 10.9. The second-order valence-corrected chi connectivity index (χ2v) is 8.70. The third kappa shape index (κ3) is 19.1. The first-order valence-electron chi connectivity index (χ1n) is 7.87. The average molecular weight is 449 g/mol. The van der Waals surface area contributed by atoms with E-state index in [-0.39, 0.29) is 18.9 Å². The molecule has 147 valence electrons. The summed E-state index contributed by atoms with van der Waals surface area (Å²) in [5, 5.41) is 13.3. The van der Waals surface area contributed by atoms with Gasteiger partial charge in [0.25, 0.3) is 10.1 Å². The Bertz CT molecular complexity index is 366. The van der Waals surface area contributed by atoms with Crippen LogP contribution in [0.5, 0.6) is 0 Å². The number of nitrogens with zero attached hydrogens (tertiary/aromatic N) is 1. The van der Waals surface area contributed by atoms with E-state index >= 15 is 0 Å². The Balaban J connectivity index is 0.00000163. The number of hydrogen-bond acceptors (Lipinski definition) is 7. The Morgan fingerprint density at radius 3 is 1.50 bits per heavy atom. The van der Waals surface area contributed by atoms with Crippen LogP contribution >= 0.6 is 20.2 Å². The van der Waals surface area contributed by atoms with Gasteiger partial charge in [-0.2, -0.15) is 8.42 Å². The van der Waals surface area contributed by atoms with Gasteiger partial charge in [-0.25, -0.2) is 0 Å². The second kappa shape index (κ2) is 17.2.